The molecule has 0 bridgehead atoms. The minimum atomic E-state index is -0.157. The molecule has 31 heavy (non-hydrogen) atoms. The van der Waals surface area contributed by atoms with Crippen molar-refractivity contribution in [1.29, 1.82) is 0 Å². The van der Waals surface area contributed by atoms with Gasteiger partial charge in [-0.2, -0.15) is 0 Å². The number of amides is 1. The molecule has 9 nitrogen and oxygen atoms in total. The molecular weight excluding hydrogens is 420 g/mol. The molecule has 1 aromatic rings. The van der Waals surface area contributed by atoms with Crippen LogP contribution in [-0.4, -0.2) is 77.2 Å². The van der Waals surface area contributed by atoms with Crippen LogP contribution < -0.4 is 11.1 Å². The van der Waals surface area contributed by atoms with E-state index in [1.54, 1.807) is 23.1 Å². The van der Waals surface area contributed by atoms with E-state index in [9.17, 15) is 9.90 Å². The maximum Gasteiger partial charge on any atom is 0.280 e. The molecule has 4 rings (SSSR count). The van der Waals surface area contributed by atoms with E-state index in [4.69, 9.17) is 22.1 Å². The van der Waals surface area contributed by atoms with Crippen LogP contribution in [0.1, 0.15) is 25.3 Å². The van der Waals surface area contributed by atoms with Crippen molar-refractivity contribution in [2.45, 2.75) is 32.4 Å². The van der Waals surface area contributed by atoms with Crippen molar-refractivity contribution in [2.75, 3.05) is 39.5 Å². The van der Waals surface area contributed by atoms with E-state index in [0.717, 1.165) is 31.6 Å². The van der Waals surface area contributed by atoms with Crippen molar-refractivity contribution >= 4 is 23.5 Å². The van der Waals surface area contributed by atoms with Crippen molar-refractivity contribution in [1.82, 2.24) is 20.0 Å². The van der Waals surface area contributed by atoms with Crippen LogP contribution in [0.5, 0.6) is 5.75 Å². The quantitative estimate of drug-likeness (QED) is 0.538. The van der Waals surface area contributed by atoms with Gasteiger partial charge in [-0.15, -0.1) is 0 Å². The third-order valence-corrected chi connectivity index (χ3v) is 6.15. The molecule has 3 aliphatic rings. The van der Waals surface area contributed by atoms with Crippen LogP contribution in [0.15, 0.2) is 34.7 Å². The Kier molecular flexibility index (Phi) is 6.54. The number of nitrogens with two attached hydrogens (primary N) is 1. The zero-order valence-electron chi connectivity index (χ0n) is 17.7. The third-order valence-electron chi connectivity index (χ3n) is 5.85. The summed E-state index contributed by atoms with van der Waals surface area (Å²) in [5.74, 6) is 0.916. The van der Waals surface area contributed by atoms with Crippen LogP contribution >= 0.6 is 11.6 Å². The smallest absolute Gasteiger partial charge is 0.280 e. The first kappa shape index (κ1) is 21.7. The zero-order valence-corrected chi connectivity index (χ0v) is 18.4. The minimum Gasteiger partial charge on any atom is -0.506 e. The van der Waals surface area contributed by atoms with Gasteiger partial charge in [-0.25, -0.2) is 0 Å². The predicted octanol–water partition coefficient (Wildman–Crippen LogP) is 1.24. The Hall–Kier alpha value is -2.49. The van der Waals surface area contributed by atoms with Crippen LogP contribution in [0.2, 0.25) is 5.02 Å². The highest BCUT2D eigenvalue weighted by Gasteiger charge is 2.39. The maximum atomic E-state index is 13.4. The number of carbonyl (C=O) groups excluding carboxylic acids is 1. The van der Waals surface area contributed by atoms with E-state index in [1.807, 2.05) is 16.7 Å². The molecule has 0 aliphatic carbocycles. The summed E-state index contributed by atoms with van der Waals surface area (Å²) in [5.41, 5.74) is 7.83. The first-order valence-corrected chi connectivity index (χ1v) is 11.0. The number of guanidine groups is 1. The number of halogens is 1. The summed E-state index contributed by atoms with van der Waals surface area (Å²) in [6.45, 7) is 6.02. The molecule has 3 aliphatic heterocycles. The van der Waals surface area contributed by atoms with Crippen LogP contribution in [-0.2, 0) is 16.1 Å². The minimum absolute atomic E-state index is 0.0276. The molecular formula is C21H29ClN6O3. The van der Waals surface area contributed by atoms with E-state index in [-0.39, 0.29) is 16.7 Å². The highest BCUT2D eigenvalue weighted by Crippen LogP contribution is 2.28. The number of phenolic OH excluding ortho intramolecular Hbond substituents is 1. The van der Waals surface area contributed by atoms with Crippen LogP contribution in [0.4, 0.5) is 0 Å². The van der Waals surface area contributed by atoms with Crippen LogP contribution in [0.25, 0.3) is 0 Å². The van der Waals surface area contributed by atoms with Gasteiger partial charge in [0.1, 0.15) is 17.3 Å². The van der Waals surface area contributed by atoms with Crippen LogP contribution in [0.3, 0.4) is 0 Å². The van der Waals surface area contributed by atoms with Gasteiger partial charge in [0.25, 0.3) is 5.91 Å². The molecule has 1 saturated heterocycles. The molecule has 0 unspecified atom stereocenters. The standard InChI is InChI=1S/C21H29ClN6O3/c1-2-27-20(30)18(19(23)28-8-7-24-21(27)28)26(13-25-15-5-9-31-10-6-15)12-14-3-4-17(29)16(22)11-14/h3-4,11,15,25,29H,2,5-10,12-13,23H2,1H3. The number of aliphatic imine (C=N–C) groups is 1. The van der Waals surface area contributed by atoms with Crippen molar-refractivity contribution < 1.29 is 14.6 Å². The van der Waals surface area contributed by atoms with Gasteiger partial charge in [-0.1, -0.05) is 17.7 Å². The van der Waals surface area contributed by atoms with Gasteiger partial charge in [-0.3, -0.25) is 24.9 Å². The highest BCUT2D eigenvalue weighted by molar-refractivity contribution is 6.32. The molecule has 0 radical (unpaired) electrons. The van der Waals surface area contributed by atoms with Gasteiger partial charge in [0, 0.05) is 38.9 Å². The second kappa shape index (κ2) is 9.33. The van der Waals surface area contributed by atoms with Crippen molar-refractivity contribution in [3.8, 4) is 5.75 Å². The predicted molar refractivity (Wildman–Crippen MR) is 118 cm³/mol. The fourth-order valence-corrected chi connectivity index (χ4v) is 4.36. The molecule has 0 aromatic heterocycles. The maximum absolute atomic E-state index is 13.4. The van der Waals surface area contributed by atoms with E-state index in [0.29, 0.717) is 56.4 Å². The summed E-state index contributed by atoms with van der Waals surface area (Å²) in [6.07, 6.45) is 1.84. The van der Waals surface area contributed by atoms with Crippen LogP contribution in [0, 0.1) is 0 Å². The molecule has 1 aromatic carbocycles. The third kappa shape index (κ3) is 4.44. The van der Waals surface area contributed by atoms with Crippen molar-refractivity contribution in [3.05, 3.63) is 40.3 Å². The average molecular weight is 449 g/mol. The number of hydrogen-bond donors (Lipinski definition) is 3. The number of likely N-dealkylation sites (N-methyl/N-ethyl adjacent to an activating group) is 1. The normalized spacial score (nSPS) is 19.7. The molecule has 1 amide bonds. The number of carbonyl (C=O) groups is 1. The second-order valence-electron chi connectivity index (χ2n) is 7.85. The molecule has 168 valence electrons. The summed E-state index contributed by atoms with van der Waals surface area (Å²) in [4.78, 5) is 23.4. The summed E-state index contributed by atoms with van der Waals surface area (Å²) in [7, 11) is 0. The highest BCUT2D eigenvalue weighted by atomic mass is 35.5. The molecule has 4 N–H and O–H groups in total. The lowest BCUT2D eigenvalue weighted by Crippen LogP contribution is -2.56. The Morgan fingerprint density at radius 1 is 1.39 bits per heavy atom. The molecule has 10 heteroatoms. The Morgan fingerprint density at radius 2 is 2.16 bits per heavy atom. The van der Waals surface area contributed by atoms with Gasteiger partial charge in [0.05, 0.1) is 18.2 Å². The van der Waals surface area contributed by atoms with Gasteiger partial charge in [-0.05, 0) is 37.5 Å². The van der Waals surface area contributed by atoms with Gasteiger partial charge in [0.2, 0.25) is 5.96 Å². The second-order valence-corrected chi connectivity index (χ2v) is 8.26. The zero-order chi connectivity index (χ0) is 22.0. The number of ether oxygens (including phenoxy) is 1. The fraction of sp³-hybridized carbons (Fsp3) is 0.524. The Balaban J connectivity index is 1.64. The lowest BCUT2D eigenvalue weighted by atomic mass is 10.1. The van der Waals surface area contributed by atoms with E-state index in [1.165, 1.54) is 0 Å². The number of benzene rings is 1. The summed E-state index contributed by atoms with van der Waals surface area (Å²) >= 11 is 6.12. The average Bonchev–Trinajstić information content (AvgIpc) is 3.25. The number of nitrogens with zero attached hydrogens (tertiary/aromatic N) is 4. The molecule has 0 saturated carbocycles. The summed E-state index contributed by atoms with van der Waals surface area (Å²) < 4.78 is 5.45. The number of aromatic hydroxyl groups is 1. The van der Waals surface area contributed by atoms with Crippen molar-refractivity contribution in [3.63, 3.8) is 0 Å². The number of phenols is 1. The fourth-order valence-electron chi connectivity index (χ4n) is 4.16. The van der Waals surface area contributed by atoms with E-state index >= 15 is 0 Å². The first-order chi connectivity index (χ1) is 15.0. The summed E-state index contributed by atoms with van der Waals surface area (Å²) in [6, 6.07) is 5.38. The van der Waals surface area contributed by atoms with Gasteiger partial charge < -0.3 is 20.5 Å². The van der Waals surface area contributed by atoms with E-state index in [2.05, 4.69) is 10.3 Å². The number of nitrogens with one attached hydrogen (secondary N) is 1. The lowest BCUT2D eigenvalue weighted by molar-refractivity contribution is -0.126. The topological polar surface area (TPSA) is 107 Å². The van der Waals surface area contributed by atoms with Gasteiger partial charge >= 0.3 is 0 Å². The van der Waals surface area contributed by atoms with Gasteiger partial charge in [0.15, 0.2) is 0 Å². The molecule has 3 heterocycles. The summed E-state index contributed by atoms with van der Waals surface area (Å²) in [5, 5.41) is 13.6. The number of hydrogen-bond acceptors (Lipinski definition) is 8. The SMILES string of the molecule is CCN1C(=O)C(N(CNC2CCOCC2)Cc2ccc(O)c(Cl)c2)=C(N)N2CCN=C12. The van der Waals surface area contributed by atoms with Crippen molar-refractivity contribution in [2.24, 2.45) is 10.7 Å². The Labute approximate surface area is 187 Å². The monoisotopic (exact) mass is 448 g/mol. The number of rotatable bonds is 7. The molecule has 0 spiro atoms. The Bertz CT molecular complexity index is 899. The first-order valence-electron chi connectivity index (χ1n) is 10.7. The Morgan fingerprint density at radius 3 is 2.87 bits per heavy atom. The lowest BCUT2D eigenvalue weighted by Gasteiger charge is -2.40. The largest absolute Gasteiger partial charge is 0.506 e. The molecule has 1 fully saturated rings. The number of fused-ring (bicyclic) bond motifs is 1. The molecule has 0 atom stereocenters. The van der Waals surface area contributed by atoms with E-state index < -0.39 is 0 Å².